The van der Waals surface area contributed by atoms with Crippen LogP contribution in [0.2, 0.25) is 0 Å². The molecule has 2 aromatic heterocycles. The molecule has 1 aliphatic rings. The summed E-state index contributed by atoms with van der Waals surface area (Å²) in [5.41, 5.74) is 0.338. The fraction of sp³-hybridized carbons (Fsp3) is 0.421. The Hall–Kier alpha value is -2.78. The van der Waals surface area contributed by atoms with Crippen LogP contribution in [0.1, 0.15) is 30.7 Å². The van der Waals surface area contributed by atoms with Gasteiger partial charge in [-0.15, -0.1) is 0 Å². The molecule has 0 spiro atoms. The minimum atomic E-state index is -4.59. The van der Waals surface area contributed by atoms with E-state index in [2.05, 4.69) is 22.0 Å². The number of rotatable bonds is 5. The molecule has 0 aromatic carbocycles. The summed E-state index contributed by atoms with van der Waals surface area (Å²) in [4.78, 5) is 13.6. The summed E-state index contributed by atoms with van der Waals surface area (Å²) in [5.74, 6) is -0.876. The van der Waals surface area contributed by atoms with E-state index in [1.165, 1.54) is 0 Å². The van der Waals surface area contributed by atoms with Gasteiger partial charge < -0.3 is 5.32 Å². The highest BCUT2D eigenvalue weighted by molar-refractivity contribution is 5.75. The average Bonchev–Trinajstić information content (AvgIpc) is 3.27. The molecule has 1 N–H and O–H groups in total. The van der Waals surface area contributed by atoms with Gasteiger partial charge in [-0.3, -0.25) is 9.48 Å². The summed E-state index contributed by atoms with van der Waals surface area (Å²) in [5, 5.41) is 6.57. The molecule has 0 bridgehead atoms. The van der Waals surface area contributed by atoms with Gasteiger partial charge in [-0.2, -0.15) is 18.3 Å². The van der Waals surface area contributed by atoms with Crippen molar-refractivity contribution in [2.75, 3.05) is 13.7 Å². The van der Waals surface area contributed by atoms with E-state index in [1.54, 1.807) is 17.8 Å². The summed E-state index contributed by atoms with van der Waals surface area (Å²) in [6.07, 6.45) is -1.47. The van der Waals surface area contributed by atoms with Gasteiger partial charge in [0.15, 0.2) is 5.82 Å². The Morgan fingerprint density at radius 3 is 2.62 bits per heavy atom. The lowest BCUT2D eigenvalue weighted by molar-refractivity contribution is -0.141. The highest BCUT2D eigenvalue weighted by Crippen LogP contribution is 2.32. The van der Waals surface area contributed by atoms with Gasteiger partial charge in [0.05, 0.1) is 11.9 Å². The minimum Gasteiger partial charge on any atom is -0.359 e. The molecular formula is C19H21F5N4O. The average molecular weight is 416 g/mol. The van der Waals surface area contributed by atoms with Crippen molar-refractivity contribution in [3.8, 4) is 11.3 Å². The first-order chi connectivity index (χ1) is 13.7. The monoisotopic (exact) mass is 416 g/mol. The number of nitrogens with zero attached hydrogens (tertiary/aromatic N) is 3. The number of pyridine rings is 1. The maximum absolute atomic E-state index is 13.6. The number of fused-ring (bicyclic) bond motifs is 1. The second kappa shape index (κ2) is 9.62. The van der Waals surface area contributed by atoms with Gasteiger partial charge in [0.25, 0.3) is 0 Å². The van der Waals surface area contributed by atoms with Crippen LogP contribution in [0.25, 0.3) is 11.3 Å². The Kier molecular flexibility index (Phi) is 7.46. The van der Waals surface area contributed by atoms with Crippen LogP contribution in [0, 0.1) is 5.82 Å². The van der Waals surface area contributed by atoms with Crippen LogP contribution in [-0.4, -0.2) is 34.4 Å². The lowest BCUT2D eigenvalue weighted by Crippen LogP contribution is -2.17. The fourth-order valence-electron chi connectivity index (χ4n) is 2.66. The largest absolute Gasteiger partial charge is 0.433 e. The number of hydrogen-bond acceptors (Lipinski definition) is 3. The molecule has 0 radical (unpaired) electrons. The quantitative estimate of drug-likeness (QED) is 0.590. The Labute approximate surface area is 164 Å². The van der Waals surface area contributed by atoms with E-state index in [4.69, 9.17) is 0 Å². The van der Waals surface area contributed by atoms with Crippen LogP contribution < -0.4 is 5.32 Å². The molecule has 0 fully saturated rings. The normalized spacial score (nSPS) is 12.8. The SMILES string of the molecule is C=C(CF)CCC(=O)NC.Fc1cnc(C(F)(F)F)cc1-c1cc2n(n1)CCC2. The Morgan fingerprint density at radius 2 is 2.03 bits per heavy atom. The standard InChI is InChI=1S/C12H9F4N3.C7H12FNO/c13-9-6-17-11(12(14,15)16)5-8(9)10-4-7-2-1-3-19(7)18-10;1-6(5-8)3-4-7(10)9-2/h4-6H,1-3H2;1,3-5H2,2H3,(H,9,10). The Balaban J connectivity index is 0.000000257. The molecule has 10 heteroatoms. The van der Waals surface area contributed by atoms with Gasteiger partial charge in [-0.1, -0.05) is 6.58 Å². The van der Waals surface area contributed by atoms with Crippen LogP contribution in [0.5, 0.6) is 0 Å². The van der Waals surface area contributed by atoms with Crippen molar-refractivity contribution in [3.63, 3.8) is 0 Å². The minimum absolute atomic E-state index is 0.0744. The van der Waals surface area contributed by atoms with E-state index in [-0.39, 0.29) is 17.2 Å². The van der Waals surface area contributed by atoms with Crippen molar-refractivity contribution < 1.29 is 26.7 Å². The van der Waals surface area contributed by atoms with Gasteiger partial charge >= 0.3 is 6.18 Å². The summed E-state index contributed by atoms with van der Waals surface area (Å²) in [6, 6.07) is 2.33. The zero-order valence-electron chi connectivity index (χ0n) is 15.8. The predicted molar refractivity (Wildman–Crippen MR) is 97.2 cm³/mol. The summed E-state index contributed by atoms with van der Waals surface area (Å²) < 4.78 is 64.7. The molecule has 5 nitrogen and oxygen atoms in total. The number of carbonyl (C=O) groups excluding carboxylic acids is 1. The van der Waals surface area contributed by atoms with E-state index in [1.807, 2.05) is 0 Å². The molecule has 0 aliphatic carbocycles. The van der Waals surface area contributed by atoms with E-state index < -0.39 is 24.4 Å². The second-order valence-corrected chi connectivity index (χ2v) is 6.45. The Bertz CT molecular complexity index is 838. The third-order valence-corrected chi connectivity index (χ3v) is 4.26. The molecule has 0 saturated heterocycles. The lowest BCUT2D eigenvalue weighted by Gasteiger charge is -2.07. The van der Waals surface area contributed by atoms with Crippen LogP contribution in [-0.2, 0) is 23.9 Å². The second-order valence-electron chi connectivity index (χ2n) is 6.45. The van der Waals surface area contributed by atoms with Gasteiger partial charge in [0, 0.05) is 31.3 Å². The number of halogens is 5. The zero-order valence-corrected chi connectivity index (χ0v) is 15.8. The van der Waals surface area contributed by atoms with Crippen molar-refractivity contribution in [2.24, 2.45) is 0 Å². The molecule has 1 amide bonds. The zero-order chi connectivity index (χ0) is 21.6. The number of nitrogens with one attached hydrogen (secondary N) is 1. The smallest absolute Gasteiger partial charge is 0.359 e. The third kappa shape index (κ3) is 6.10. The van der Waals surface area contributed by atoms with Crippen LogP contribution in [0.15, 0.2) is 30.5 Å². The number of allylic oxidation sites excluding steroid dienone is 1. The van der Waals surface area contributed by atoms with Crippen molar-refractivity contribution >= 4 is 5.91 Å². The maximum atomic E-state index is 13.6. The molecule has 158 valence electrons. The predicted octanol–water partition coefficient (Wildman–Crippen LogP) is 4.09. The first-order valence-corrected chi connectivity index (χ1v) is 8.88. The summed E-state index contributed by atoms with van der Waals surface area (Å²) in [6.45, 7) is 3.61. The number of aryl methyl sites for hydroxylation is 2. The molecule has 2 aromatic rings. The van der Waals surface area contributed by atoms with Crippen molar-refractivity contribution in [1.82, 2.24) is 20.1 Å². The number of hydrogen-bond donors (Lipinski definition) is 1. The van der Waals surface area contributed by atoms with Crippen molar-refractivity contribution in [2.45, 2.75) is 38.4 Å². The third-order valence-electron chi connectivity index (χ3n) is 4.26. The first-order valence-electron chi connectivity index (χ1n) is 8.88. The number of aromatic nitrogens is 3. The molecule has 0 atom stereocenters. The highest BCUT2D eigenvalue weighted by atomic mass is 19.4. The topological polar surface area (TPSA) is 59.8 Å². The fourth-order valence-corrected chi connectivity index (χ4v) is 2.66. The van der Waals surface area contributed by atoms with Crippen LogP contribution in [0.3, 0.4) is 0 Å². The molecule has 0 saturated carbocycles. The maximum Gasteiger partial charge on any atom is 0.433 e. The van der Waals surface area contributed by atoms with Crippen LogP contribution in [0.4, 0.5) is 22.0 Å². The number of amides is 1. The van der Waals surface area contributed by atoms with E-state index in [0.717, 1.165) is 18.5 Å². The molecule has 3 heterocycles. The molecular weight excluding hydrogens is 395 g/mol. The van der Waals surface area contributed by atoms with Gasteiger partial charge in [-0.05, 0) is 37.0 Å². The molecule has 3 rings (SSSR count). The first kappa shape index (κ1) is 22.5. The van der Waals surface area contributed by atoms with Gasteiger partial charge in [0.2, 0.25) is 5.91 Å². The van der Waals surface area contributed by atoms with E-state index >= 15 is 0 Å². The number of alkyl halides is 4. The van der Waals surface area contributed by atoms with Gasteiger partial charge in [-0.25, -0.2) is 13.8 Å². The van der Waals surface area contributed by atoms with E-state index in [0.29, 0.717) is 37.2 Å². The van der Waals surface area contributed by atoms with Gasteiger partial charge in [0.1, 0.15) is 12.4 Å². The van der Waals surface area contributed by atoms with Crippen LogP contribution >= 0.6 is 0 Å². The molecule has 29 heavy (non-hydrogen) atoms. The number of carbonyl (C=O) groups is 1. The Morgan fingerprint density at radius 1 is 1.31 bits per heavy atom. The van der Waals surface area contributed by atoms with Crippen molar-refractivity contribution in [1.29, 1.82) is 0 Å². The summed E-state index contributed by atoms with van der Waals surface area (Å²) >= 11 is 0. The lowest BCUT2D eigenvalue weighted by atomic mass is 10.1. The van der Waals surface area contributed by atoms with E-state index in [9.17, 15) is 26.7 Å². The summed E-state index contributed by atoms with van der Waals surface area (Å²) in [7, 11) is 1.56. The van der Waals surface area contributed by atoms with Crippen molar-refractivity contribution in [3.05, 3.63) is 47.7 Å². The molecule has 0 unspecified atom stereocenters. The highest BCUT2D eigenvalue weighted by Gasteiger charge is 2.33. The molecule has 1 aliphatic heterocycles.